The Kier molecular flexibility index (Phi) is 4.38. The fourth-order valence-electron chi connectivity index (χ4n) is 2.04. The third-order valence-corrected chi connectivity index (χ3v) is 3.10. The highest BCUT2D eigenvalue weighted by Gasteiger charge is 2.22. The second-order valence-corrected chi connectivity index (χ2v) is 5.76. The number of carboxylic acid groups (broad SMARTS) is 1. The topological polar surface area (TPSA) is 63.3 Å². The van der Waals surface area contributed by atoms with Crippen LogP contribution in [0.5, 0.6) is 0 Å². The molecule has 0 fully saturated rings. The van der Waals surface area contributed by atoms with Gasteiger partial charge in [-0.15, -0.1) is 0 Å². The average molecular weight is 249 g/mol. The van der Waals surface area contributed by atoms with Crippen LogP contribution in [-0.2, 0) is 11.8 Å². The first-order valence-electron chi connectivity index (χ1n) is 6.43. The van der Waals surface area contributed by atoms with Crippen LogP contribution >= 0.6 is 0 Å². The average Bonchev–Trinajstić information content (AvgIpc) is 2.25. The van der Waals surface area contributed by atoms with Crippen LogP contribution in [0.25, 0.3) is 0 Å². The van der Waals surface area contributed by atoms with Crippen LogP contribution in [0.3, 0.4) is 0 Å². The Bertz CT molecular complexity index is 445. The summed E-state index contributed by atoms with van der Waals surface area (Å²) in [5.74, 6) is -0.948. The first kappa shape index (κ1) is 14.6. The molecule has 3 heteroatoms. The third-order valence-electron chi connectivity index (χ3n) is 3.10. The molecule has 0 amide bonds. The zero-order chi connectivity index (χ0) is 13.9. The molecule has 0 saturated heterocycles. The number of nitrogens with two attached hydrogens (primary N) is 1. The van der Waals surface area contributed by atoms with Crippen molar-refractivity contribution in [2.24, 2.45) is 0 Å². The summed E-state index contributed by atoms with van der Waals surface area (Å²) in [4.78, 5) is 11.2. The molecule has 0 heterocycles. The molecule has 0 aliphatic rings. The molecule has 0 aliphatic carbocycles. The van der Waals surface area contributed by atoms with E-state index in [9.17, 15) is 9.90 Å². The number of benzene rings is 1. The van der Waals surface area contributed by atoms with Gasteiger partial charge in [0.05, 0.1) is 5.56 Å². The van der Waals surface area contributed by atoms with E-state index in [2.05, 4.69) is 13.0 Å². The molecule has 18 heavy (non-hydrogen) atoms. The summed E-state index contributed by atoms with van der Waals surface area (Å²) in [5, 5.41) is 9.23. The minimum Gasteiger partial charge on any atom is -0.478 e. The molecular formula is C15H23NO2. The zero-order valence-corrected chi connectivity index (χ0v) is 11.7. The normalized spacial score (nSPS) is 11.6. The SMILES string of the molecule is CCCCc1cc(C(=O)O)c(N)c(C(C)(C)C)c1. The van der Waals surface area contributed by atoms with Crippen LogP contribution < -0.4 is 5.73 Å². The quantitative estimate of drug-likeness (QED) is 0.801. The molecule has 0 aromatic heterocycles. The first-order valence-corrected chi connectivity index (χ1v) is 6.43. The van der Waals surface area contributed by atoms with Gasteiger partial charge < -0.3 is 10.8 Å². The lowest BCUT2D eigenvalue weighted by Crippen LogP contribution is -2.17. The van der Waals surface area contributed by atoms with E-state index in [0.717, 1.165) is 30.4 Å². The summed E-state index contributed by atoms with van der Waals surface area (Å²) >= 11 is 0. The standard InChI is InChI=1S/C15H23NO2/c1-5-6-7-10-8-11(14(17)18)13(16)12(9-10)15(2,3)4/h8-9H,5-7,16H2,1-4H3,(H,17,18). The highest BCUT2D eigenvalue weighted by Crippen LogP contribution is 2.32. The number of nitrogen functional groups attached to an aromatic ring is 1. The van der Waals surface area contributed by atoms with Crippen LogP contribution in [0.1, 0.15) is 62.0 Å². The largest absolute Gasteiger partial charge is 0.478 e. The lowest BCUT2D eigenvalue weighted by molar-refractivity contribution is 0.0698. The number of unbranched alkanes of at least 4 members (excludes halogenated alkanes) is 1. The van der Waals surface area contributed by atoms with Gasteiger partial charge in [0.15, 0.2) is 0 Å². The number of hydrogen-bond acceptors (Lipinski definition) is 2. The van der Waals surface area contributed by atoms with E-state index in [1.807, 2.05) is 20.8 Å². The minimum absolute atomic E-state index is 0.142. The van der Waals surface area contributed by atoms with E-state index >= 15 is 0 Å². The number of aromatic carboxylic acids is 1. The summed E-state index contributed by atoms with van der Waals surface area (Å²) in [7, 11) is 0. The van der Waals surface area contributed by atoms with Crippen molar-refractivity contribution in [3.63, 3.8) is 0 Å². The Morgan fingerprint density at radius 1 is 1.33 bits per heavy atom. The molecule has 100 valence electrons. The summed E-state index contributed by atoms with van der Waals surface area (Å²) in [6.07, 6.45) is 3.06. The monoisotopic (exact) mass is 249 g/mol. The summed E-state index contributed by atoms with van der Waals surface area (Å²) < 4.78 is 0. The predicted molar refractivity (Wildman–Crippen MR) is 75.1 cm³/mol. The van der Waals surface area contributed by atoms with E-state index in [-0.39, 0.29) is 11.0 Å². The molecule has 3 nitrogen and oxygen atoms in total. The number of anilines is 1. The van der Waals surface area contributed by atoms with Gasteiger partial charge in [-0.3, -0.25) is 0 Å². The second-order valence-electron chi connectivity index (χ2n) is 5.76. The number of carboxylic acids is 1. The van der Waals surface area contributed by atoms with Crippen molar-refractivity contribution in [2.45, 2.75) is 52.4 Å². The van der Waals surface area contributed by atoms with E-state index < -0.39 is 5.97 Å². The van der Waals surface area contributed by atoms with Gasteiger partial charge in [-0.2, -0.15) is 0 Å². The van der Waals surface area contributed by atoms with E-state index in [1.165, 1.54) is 0 Å². The van der Waals surface area contributed by atoms with Gasteiger partial charge in [-0.25, -0.2) is 4.79 Å². The van der Waals surface area contributed by atoms with Crippen LogP contribution in [0.4, 0.5) is 5.69 Å². The molecule has 0 aliphatic heterocycles. The second kappa shape index (κ2) is 5.42. The van der Waals surface area contributed by atoms with Crippen molar-refractivity contribution in [3.05, 3.63) is 28.8 Å². The van der Waals surface area contributed by atoms with Gasteiger partial charge in [0, 0.05) is 5.69 Å². The Labute approximate surface area is 109 Å². The molecule has 1 rings (SSSR count). The van der Waals surface area contributed by atoms with Crippen molar-refractivity contribution in [1.82, 2.24) is 0 Å². The maximum Gasteiger partial charge on any atom is 0.337 e. The first-order chi connectivity index (χ1) is 8.27. The number of aryl methyl sites for hydroxylation is 1. The lowest BCUT2D eigenvalue weighted by atomic mass is 9.83. The van der Waals surface area contributed by atoms with Crippen LogP contribution in [0.15, 0.2) is 12.1 Å². The Balaban J connectivity index is 3.33. The fraction of sp³-hybridized carbons (Fsp3) is 0.533. The molecule has 3 N–H and O–H groups in total. The Morgan fingerprint density at radius 2 is 1.94 bits per heavy atom. The molecule has 0 bridgehead atoms. The Hall–Kier alpha value is -1.51. The van der Waals surface area contributed by atoms with Gasteiger partial charge in [0.1, 0.15) is 0 Å². The molecule has 0 spiro atoms. The molecule has 0 unspecified atom stereocenters. The van der Waals surface area contributed by atoms with Crippen LogP contribution in [-0.4, -0.2) is 11.1 Å². The van der Waals surface area contributed by atoms with Crippen molar-refractivity contribution >= 4 is 11.7 Å². The fourth-order valence-corrected chi connectivity index (χ4v) is 2.04. The summed E-state index contributed by atoms with van der Waals surface area (Å²) in [5.41, 5.74) is 8.46. The predicted octanol–water partition coefficient (Wildman–Crippen LogP) is 3.61. The van der Waals surface area contributed by atoms with Crippen molar-refractivity contribution < 1.29 is 9.90 Å². The van der Waals surface area contributed by atoms with Crippen LogP contribution in [0.2, 0.25) is 0 Å². The van der Waals surface area contributed by atoms with Crippen LogP contribution in [0, 0.1) is 0 Å². The number of rotatable bonds is 4. The molecule has 0 saturated carbocycles. The van der Waals surface area contributed by atoms with Crippen molar-refractivity contribution in [2.75, 3.05) is 5.73 Å². The highest BCUT2D eigenvalue weighted by molar-refractivity contribution is 5.95. The van der Waals surface area contributed by atoms with Crippen molar-refractivity contribution in [3.8, 4) is 0 Å². The zero-order valence-electron chi connectivity index (χ0n) is 11.7. The third kappa shape index (κ3) is 3.25. The summed E-state index contributed by atoms with van der Waals surface area (Å²) in [6.45, 7) is 8.27. The van der Waals surface area contributed by atoms with Gasteiger partial charge in [0.2, 0.25) is 0 Å². The molecule has 0 atom stereocenters. The number of hydrogen-bond donors (Lipinski definition) is 2. The van der Waals surface area contributed by atoms with E-state index in [4.69, 9.17) is 5.73 Å². The maximum absolute atomic E-state index is 11.2. The number of carbonyl (C=O) groups is 1. The lowest BCUT2D eigenvalue weighted by Gasteiger charge is -2.23. The van der Waals surface area contributed by atoms with Crippen molar-refractivity contribution in [1.29, 1.82) is 0 Å². The molecule has 1 aromatic carbocycles. The van der Waals surface area contributed by atoms with Gasteiger partial charge in [-0.05, 0) is 35.4 Å². The molecule has 0 radical (unpaired) electrons. The van der Waals surface area contributed by atoms with Gasteiger partial charge in [-0.1, -0.05) is 40.2 Å². The Morgan fingerprint density at radius 3 is 2.39 bits per heavy atom. The smallest absolute Gasteiger partial charge is 0.337 e. The molecular weight excluding hydrogens is 226 g/mol. The summed E-state index contributed by atoms with van der Waals surface area (Å²) in [6, 6.07) is 3.76. The maximum atomic E-state index is 11.2. The molecule has 1 aromatic rings. The van der Waals surface area contributed by atoms with E-state index in [1.54, 1.807) is 6.07 Å². The minimum atomic E-state index is -0.948. The van der Waals surface area contributed by atoms with E-state index in [0.29, 0.717) is 5.69 Å². The van der Waals surface area contributed by atoms with Gasteiger partial charge in [0.25, 0.3) is 0 Å². The highest BCUT2D eigenvalue weighted by atomic mass is 16.4. The van der Waals surface area contributed by atoms with Gasteiger partial charge >= 0.3 is 5.97 Å².